The van der Waals surface area contributed by atoms with Gasteiger partial charge >= 0.3 is 0 Å². The highest BCUT2D eigenvalue weighted by Crippen LogP contribution is 2.27. The lowest BCUT2D eigenvalue weighted by atomic mass is 9.83. The number of hydrogen-bond donors (Lipinski definition) is 2. The van der Waals surface area contributed by atoms with Gasteiger partial charge in [-0.1, -0.05) is 26.2 Å². The number of rotatable bonds is 5. The molecule has 18 heavy (non-hydrogen) atoms. The lowest BCUT2D eigenvalue weighted by Gasteiger charge is -2.31. The van der Waals surface area contributed by atoms with E-state index in [-0.39, 0.29) is 5.91 Å². The highest BCUT2D eigenvalue weighted by Gasteiger charge is 2.25. The van der Waals surface area contributed by atoms with Crippen LogP contribution in [0, 0.1) is 11.8 Å². The molecular formula is C15H28N2O. The van der Waals surface area contributed by atoms with E-state index in [4.69, 9.17) is 0 Å². The highest BCUT2D eigenvalue weighted by atomic mass is 16.1. The summed E-state index contributed by atoms with van der Waals surface area (Å²) in [4.78, 5) is 12.0. The lowest BCUT2D eigenvalue weighted by Crippen LogP contribution is -2.41. The minimum absolute atomic E-state index is 0.284. The summed E-state index contributed by atoms with van der Waals surface area (Å²) >= 11 is 0. The van der Waals surface area contributed by atoms with Gasteiger partial charge in [-0.3, -0.25) is 4.79 Å². The largest absolute Gasteiger partial charge is 0.353 e. The Labute approximate surface area is 111 Å². The van der Waals surface area contributed by atoms with Crippen molar-refractivity contribution < 1.29 is 4.79 Å². The molecule has 0 spiro atoms. The Morgan fingerprint density at radius 3 is 2.83 bits per heavy atom. The van der Waals surface area contributed by atoms with Gasteiger partial charge in [0.1, 0.15) is 0 Å². The van der Waals surface area contributed by atoms with Gasteiger partial charge in [-0.15, -0.1) is 0 Å². The molecule has 1 aliphatic heterocycles. The zero-order valence-corrected chi connectivity index (χ0v) is 11.7. The van der Waals surface area contributed by atoms with E-state index in [2.05, 4.69) is 17.6 Å². The van der Waals surface area contributed by atoms with E-state index in [9.17, 15) is 4.79 Å². The van der Waals surface area contributed by atoms with E-state index in [1.165, 1.54) is 38.5 Å². The predicted octanol–water partition coefficient (Wildman–Crippen LogP) is 2.46. The molecule has 2 N–H and O–H groups in total. The van der Waals surface area contributed by atoms with Crippen LogP contribution < -0.4 is 10.6 Å². The Kier molecular flexibility index (Phi) is 5.48. The molecule has 3 unspecified atom stereocenters. The van der Waals surface area contributed by atoms with Gasteiger partial charge in [0.05, 0.1) is 0 Å². The van der Waals surface area contributed by atoms with Gasteiger partial charge in [0.2, 0.25) is 5.91 Å². The molecular weight excluding hydrogens is 224 g/mol. The minimum Gasteiger partial charge on any atom is -0.353 e. The molecule has 2 fully saturated rings. The summed E-state index contributed by atoms with van der Waals surface area (Å²) in [7, 11) is 0. The molecule has 3 nitrogen and oxygen atoms in total. The monoisotopic (exact) mass is 252 g/mol. The van der Waals surface area contributed by atoms with Gasteiger partial charge < -0.3 is 10.6 Å². The molecule has 1 amide bonds. The first-order chi connectivity index (χ1) is 8.79. The predicted molar refractivity (Wildman–Crippen MR) is 74.4 cm³/mol. The van der Waals surface area contributed by atoms with Gasteiger partial charge in [-0.25, -0.2) is 0 Å². The average Bonchev–Trinajstić information content (AvgIpc) is 2.90. The fourth-order valence-corrected chi connectivity index (χ4v) is 3.46. The van der Waals surface area contributed by atoms with Crippen LogP contribution in [0.25, 0.3) is 0 Å². The number of hydrogen-bond acceptors (Lipinski definition) is 2. The van der Waals surface area contributed by atoms with Crippen molar-refractivity contribution in [2.24, 2.45) is 11.8 Å². The molecule has 0 radical (unpaired) electrons. The van der Waals surface area contributed by atoms with Crippen molar-refractivity contribution in [2.45, 2.75) is 64.3 Å². The lowest BCUT2D eigenvalue weighted by molar-refractivity contribution is -0.122. The van der Waals surface area contributed by atoms with Crippen molar-refractivity contribution >= 4 is 5.91 Å². The third-order valence-corrected chi connectivity index (χ3v) is 4.72. The molecule has 0 aromatic rings. The molecule has 0 bridgehead atoms. The van der Waals surface area contributed by atoms with Crippen molar-refractivity contribution in [3.63, 3.8) is 0 Å². The normalized spacial score (nSPS) is 32.4. The first-order valence-electron chi connectivity index (χ1n) is 7.79. The molecule has 104 valence electrons. The second-order valence-electron chi connectivity index (χ2n) is 6.02. The van der Waals surface area contributed by atoms with Crippen molar-refractivity contribution in [2.75, 3.05) is 13.1 Å². The first kappa shape index (κ1) is 13.9. The number of carbonyl (C=O) groups excluding carboxylic acids is 1. The van der Waals surface area contributed by atoms with Crippen molar-refractivity contribution in [3.8, 4) is 0 Å². The molecule has 3 heteroatoms. The zero-order valence-electron chi connectivity index (χ0n) is 11.7. The summed E-state index contributed by atoms with van der Waals surface area (Å²) in [6.07, 6.45) is 9.35. The fraction of sp³-hybridized carbons (Fsp3) is 0.933. The van der Waals surface area contributed by atoms with Crippen LogP contribution in [-0.2, 0) is 4.79 Å². The maximum Gasteiger partial charge on any atom is 0.220 e. The van der Waals surface area contributed by atoms with Crippen LogP contribution in [0.4, 0.5) is 0 Å². The van der Waals surface area contributed by atoms with Crippen LogP contribution in [0.3, 0.4) is 0 Å². The third-order valence-electron chi connectivity index (χ3n) is 4.72. The quantitative estimate of drug-likeness (QED) is 0.789. The average molecular weight is 252 g/mol. The second-order valence-corrected chi connectivity index (χ2v) is 6.02. The van der Waals surface area contributed by atoms with Crippen LogP contribution >= 0.6 is 0 Å². The smallest absolute Gasteiger partial charge is 0.220 e. The first-order valence-corrected chi connectivity index (χ1v) is 7.79. The van der Waals surface area contributed by atoms with Crippen LogP contribution in [0.15, 0.2) is 0 Å². The number of nitrogens with one attached hydrogen (secondary N) is 2. The van der Waals surface area contributed by atoms with Crippen LogP contribution in [0.1, 0.15) is 58.3 Å². The van der Waals surface area contributed by atoms with E-state index in [1.807, 2.05) is 0 Å². The fourth-order valence-electron chi connectivity index (χ4n) is 3.46. The summed E-state index contributed by atoms with van der Waals surface area (Å²) < 4.78 is 0. The minimum atomic E-state index is 0.284. The summed E-state index contributed by atoms with van der Waals surface area (Å²) in [5, 5.41) is 6.65. The topological polar surface area (TPSA) is 41.1 Å². The molecule has 0 aromatic carbocycles. The van der Waals surface area contributed by atoms with Crippen molar-refractivity contribution in [1.29, 1.82) is 0 Å². The van der Waals surface area contributed by atoms with Crippen LogP contribution in [0.5, 0.6) is 0 Å². The van der Waals surface area contributed by atoms with Crippen molar-refractivity contribution in [1.82, 2.24) is 10.6 Å². The molecule has 2 aliphatic rings. The zero-order chi connectivity index (χ0) is 12.8. The van der Waals surface area contributed by atoms with E-state index in [0.29, 0.717) is 6.04 Å². The third kappa shape index (κ3) is 3.98. The van der Waals surface area contributed by atoms with Crippen LogP contribution in [-0.4, -0.2) is 25.0 Å². The summed E-state index contributed by atoms with van der Waals surface area (Å²) in [5.74, 6) is 1.73. The summed E-state index contributed by atoms with van der Waals surface area (Å²) in [6.45, 7) is 4.49. The molecule has 1 aliphatic carbocycles. The van der Waals surface area contributed by atoms with E-state index in [0.717, 1.165) is 37.8 Å². The van der Waals surface area contributed by atoms with Gasteiger partial charge in [0, 0.05) is 12.5 Å². The molecule has 1 heterocycles. The molecule has 0 aromatic heterocycles. The second kappa shape index (κ2) is 7.13. The van der Waals surface area contributed by atoms with Gasteiger partial charge in [0.15, 0.2) is 0 Å². The molecule has 2 rings (SSSR count). The van der Waals surface area contributed by atoms with Crippen LogP contribution in [0.2, 0.25) is 0 Å². The molecule has 1 saturated heterocycles. The SMILES string of the molecule is CCC1CCCCC1NC(=O)CCC1CCNC1. The Bertz CT molecular complexity index is 261. The number of carbonyl (C=O) groups is 1. The van der Waals surface area contributed by atoms with E-state index in [1.54, 1.807) is 0 Å². The Balaban J connectivity index is 1.68. The van der Waals surface area contributed by atoms with Crippen molar-refractivity contribution in [3.05, 3.63) is 0 Å². The maximum absolute atomic E-state index is 12.0. The van der Waals surface area contributed by atoms with Gasteiger partial charge in [0.25, 0.3) is 0 Å². The Morgan fingerprint density at radius 1 is 1.28 bits per heavy atom. The maximum atomic E-state index is 12.0. The summed E-state index contributed by atoms with van der Waals surface area (Å²) in [6, 6.07) is 0.456. The van der Waals surface area contributed by atoms with Gasteiger partial charge in [-0.2, -0.15) is 0 Å². The Hall–Kier alpha value is -0.570. The number of amides is 1. The molecule has 3 atom stereocenters. The Morgan fingerprint density at radius 2 is 2.11 bits per heavy atom. The summed E-state index contributed by atoms with van der Waals surface area (Å²) in [5.41, 5.74) is 0. The van der Waals surface area contributed by atoms with E-state index >= 15 is 0 Å². The van der Waals surface area contributed by atoms with Gasteiger partial charge in [-0.05, 0) is 50.6 Å². The van der Waals surface area contributed by atoms with E-state index < -0.39 is 0 Å². The standard InChI is InChI=1S/C15H28N2O/c1-2-13-5-3-4-6-14(13)17-15(18)8-7-12-9-10-16-11-12/h12-14,16H,2-11H2,1H3,(H,17,18). The molecule has 1 saturated carbocycles. The highest BCUT2D eigenvalue weighted by molar-refractivity contribution is 5.76.